The molecule has 1 aromatic heterocycles. The second kappa shape index (κ2) is 5.56. The Morgan fingerprint density at radius 2 is 2.40 bits per heavy atom. The van der Waals surface area contributed by atoms with E-state index in [0.717, 1.165) is 35.2 Å². The summed E-state index contributed by atoms with van der Waals surface area (Å²) in [4.78, 5) is 0. The van der Waals surface area contributed by atoms with Crippen LogP contribution in [0.4, 0.5) is 11.5 Å². The van der Waals surface area contributed by atoms with Crippen molar-refractivity contribution in [1.29, 1.82) is 0 Å². The molecule has 5 heteroatoms. The van der Waals surface area contributed by atoms with Crippen molar-refractivity contribution in [3.63, 3.8) is 0 Å². The molecule has 0 radical (unpaired) electrons. The maximum absolute atomic E-state index is 5.86. The molecule has 0 saturated carbocycles. The minimum absolute atomic E-state index is 0.722. The van der Waals surface area contributed by atoms with Gasteiger partial charge in [0, 0.05) is 19.3 Å². The lowest BCUT2D eigenvalue weighted by molar-refractivity contribution is 0.760. The second-order valence-electron chi connectivity index (χ2n) is 3.15. The number of terminal acetylenes is 1. The molecule has 0 aliphatic carbocycles. The molecule has 0 saturated heterocycles. The molecule has 0 aliphatic heterocycles. The summed E-state index contributed by atoms with van der Waals surface area (Å²) in [6.45, 7) is 2.74. The van der Waals surface area contributed by atoms with Crippen molar-refractivity contribution in [3.05, 3.63) is 5.69 Å². The number of aromatic nitrogens is 2. The van der Waals surface area contributed by atoms with Crippen LogP contribution in [0.1, 0.15) is 5.69 Å². The van der Waals surface area contributed by atoms with E-state index in [2.05, 4.69) is 16.3 Å². The van der Waals surface area contributed by atoms with Crippen LogP contribution in [0.3, 0.4) is 0 Å². The number of nitrogens with zero attached hydrogens (tertiary/aromatic N) is 2. The zero-order chi connectivity index (χ0) is 11.3. The first-order valence-electron chi connectivity index (χ1n) is 4.71. The average molecular weight is 224 g/mol. The van der Waals surface area contributed by atoms with Gasteiger partial charge in [-0.3, -0.25) is 4.68 Å². The quantitative estimate of drug-likeness (QED) is 0.580. The maximum atomic E-state index is 5.86. The van der Waals surface area contributed by atoms with Crippen LogP contribution in [-0.2, 0) is 7.05 Å². The zero-order valence-electron chi connectivity index (χ0n) is 9.08. The van der Waals surface area contributed by atoms with Crippen LogP contribution < -0.4 is 11.1 Å². The van der Waals surface area contributed by atoms with E-state index in [4.69, 9.17) is 12.2 Å². The third kappa shape index (κ3) is 3.10. The van der Waals surface area contributed by atoms with E-state index in [1.165, 1.54) is 0 Å². The molecule has 3 N–H and O–H groups in total. The number of nitrogens with one attached hydrogen (secondary N) is 1. The summed E-state index contributed by atoms with van der Waals surface area (Å²) < 4.78 is 1.76. The zero-order valence-corrected chi connectivity index (χ0v) is 9.90. The summed E-state index contributed by atoms with van der Waals surface area (Å²) in [6, 6.07) is 0. The van der Waals surface area contributed by atoms with Gasteiger partial charge in [-0.2, -0.15) is 5.10 Å². The largest absolute Gasteiger partial charge is 0.394 e. The minimum atomic E-state index is 0.722. The van der Waals surface area contributed by atoms with Gasteiger partial charge in [-0.25, -0.2) is 0 Å². The Balaban J connectivity index is 2.41. The molecule has 82 valence electrons. The summed E-state index contributed by atoms with van der Waals surface area (Å²) in [5.74, 6) is 5.19. The first kappa shape index (κ1) is 11.8. The number of aryl methyl sites for hydroxylation is 2. The number of rotatable bonds is 5. The molecule has 1 heterocycles. The summed E-state index contributed by atoms with van der Waals surface area (Å²) >= 11 is 1.72. The van der Waals surface area contributed by atoms with Gasteiger partial charge < -0.3 is 11.1 Å². The van der Waals surface area contributed by atoms with E-state index in [0.29, 0.717) is 0 Å². The fourth-order valence-corrected chi connectivity index (χ4v) is 1.77. The van der Waals surface area contributed by atoms with Gasteiger partial charge in [0.1, 0.15) is 5.82 Å². The highest BCUT2D eigenvalue weighted by molar-refractivity contribution is 7.99. The Bertz CT molecular complexity index is 364. The molecule has 0 aromatic carbocycles. The lowest BCUT2D eigenvalue weighted by Gasteiger charge is -2.06. The molecule has 1 rings (SSSR count). The topological polar surface area (TPSA) is 55.9 Å². The molecular formula is C10H16N4S. The van der Waals surface area contributed by atoms with Crippen LogP contribution in [0.2, 0.25) is 0 Å². The van der Waals surface area contributed by atoms with Gasteiger partial charge in [0.15, 0.2) is 0 Å². The smallest absolute Gasteiger partial charge is 0.147 e. The lowest BCUT2D eigenvalue weighted by atomic mass is 10.4. The fourth-order valence-electron chi connectivity index (χ4n) is 1.26. The van der Waals surface area contributed by atoms with E-state index in [1.54, 1.807) is 16.4 Å². The molecule has 0 aliphatic rings. The van der Waals surface area contributed by atoms with Crippen LogP contribution in [0, 0.1) is 19.3 Å². The molecular weight excluding hydrogens is 208 g/mol. The Morgan fingerprint density at radius 1 is 1.67 bits per heavy atom. The normalized spacial score (nSPS) is 9.93. The third-order valence-corrected chi connectivity index (χ3v) is 2.86. The van der Waals surface area contributed by atoms with Crippen molar-refractivity contribution >= 4 is 23.3 Å². The lowest BCUT2D eigenvalue weighted by Crippen LogP contribution is -2.09. The Kier molecular flexibility index (Phi) is 4.37. The van der Waals surface area contributed by atoms with Crippen LogP contribution >= 0.6 is 11.8 Å². The molecule has 15 heavy (non-hydrogen) atoms. The number of nitrogens with two attached hydrogens (primary N) is 1. The van der Waals surface area contributed by atoms with Gasteiger partial charge in [0.2, 0.25) is 0 Å². The van der Waals surface area contributed by atoms with E-state index in [-0.39, 0.29) is 0 Å². The highest BCUT2D eigenvalue weighted by Crippen LogP contribution is 2.20. The van der Waals surface area contributed by atoms with Crippen molar-refractivity contribution in [2.24, 2.45) is 7.05 Å². The maximum Gasteiger partial charge on any atom is 0.147 e. The van der Waals surface area contributed by atoms with Crippen LogP contribution in [0.25, 0.3) is 0 Å². The standard InChI is InChI=1S/C10H16N4S/c1-4-6-15-7-5-12-10-9(11)8(2)13-14(10)3/h1,12H,5-7,11H2,2-3H3. The van der Waals surface area contributed by atoms with Crippen LogP contribution in [-0.4, -0.2) is 27.8 Å². The average Bonchev–Trinajstić information content (AvgIpc) is 2.44. The highest BCUT2D eigenvalue weighted by atomic mass is 32.2. The summed E-state index contributed by atoms with van der Waals surface area (Å²) in [5, 5.41) is 7.46. The van der Waals surface area contributed by atoms with Crippen molar-refractivity contribution < 1.29 is 0 Å². The third-order valence-electron chi connectivity index (χ3n) is 1.99. The van der Waals surface area contributed by atoms with E-state index in [9.17, 15) is 0 Å². The van der Waals surface area contributed by atoms with Gasteiger partial charge in [-0.15, -0.1) is 18.2 Å². The van der Waals surface area contributed by atoms with Gasteiger partial charge in [-0.05, 0) is 6.92 Å². The monoisotopic (exact) mass is 224 g/mol. The van der Waals surface area contributed by atoms with E-state index >= 15 is 0 Å². The number of anilines is 2. The predicted octanol–water partition coefficient (Wildman–Crippen LogP) is 1.09. The van der Waals surface area contributed by atoms with Gasteiger partial charge in [-0.1, -0.05) is 5.92 Å². The van der Waals surface area contributed by atoms with Crippen molar-refractivity contribution in [2.45, 2.75) is 6.92 Å². The first-order chi connectivity index (χ1) is 7.16. The Morgan fingerprint density at radius 3 is 2.93 bits per heavy atom. The van der Waals surface area contributed by atoms with Gasteiger partial charge >= 0.3 is 0 Å². The van der Waals surface area contributed by atoms with E-state index in [1.807, 2.05) is 14.0 Å². The van der Waals surface area contributed by atoms with E-state index < -0.39 is 0 Å². The number of thioether (sulfide) groups is 1. The Hall–Kier alpha value is -1.28. The molecule has 0 bridgehead atoms. The van der Waals surface area contributed by atoms with Gasteiger partial charge in [0.25, 0.3) is 0 Å². The number of hydrogen-bond donors (Lipinski definition) is 2. The molecule has 4 nitrogen and oxygen atoms in total. The van der Waals surface area contributed by atoms with Crippen molar-refractivity contribution in [1.82, 2.24) is 9.78 Å². The summed E-state index contributed by atoms with van der Waals surface area (Å²) in [5.41, 5.74) is 7.44. The van der Waals surface area contributed by atoms with Crippen LogP contribution in [0.15, 0.2) is 0 Å². The van der Waals surface area contributed by atoms with Crippen molar-refractivity contribution in [3.8, 4) is 12.3 Å². The molecule has 1 aromatic rings. The number of hydrogen-bond acceptors (Lipinski definition) is 4. The highest BCUT2D eigenvalue weighted by Gasteiger charge is 2.08. The second-order valence-corrected chi connectivity index (χ2v) is 4.26. The predicted molar refractivity (Wildman–Crippen MR) is 67.0 cm³/mol. The van der Waals surface area contributed by atoms with Crippen molar-refractivity contribution in [2.75, 3.05) is 29.1 Å². The molecule has 0 amide bonds. The molecule has 0 unspecified atom stereocenters. The van der Waals surface area contributed by atoms with Crippen LogP contribution in [0.5, 0.6) is 0 Å². The summed E-state index contributed by atoms with van der Waals surface area (Å²) in [7, 11) is 1.88. The molecule has 0 atom stereocenters. The first-order valence-corrected chi connectivity index (χ1v) is 5.86. The molecule has 0 spiro atoms. The summed E-state index contributed by atoms with van der Waals surface area (Å²) in [6.07, 6.45) is 5.15. The number of nitrogen functional groups attached to an aromatic ring is 1. The van der Waals surface area contributed by atoms with Gasteiger partial charge in [0.05, 0.1) is 17.1 Å². The minimum Gasteiger partial charge on any atom is -0.394 e. The Labute approximate surface area is 94.6 Å². The SMILES string of the molecule is C#CCSCCNc1c(N)c(C)nn1C. The fraction of sp³-hybridized carbons (Fsp3) is 0.500. The molecule has 0 fully saturated rings.